The van der Waals surface area contributed by atoms with Crippen LogP contribution >= 0.6 is 0 Å². The molecule has 0 aliphatic heterocycles. The lowest BCUT2D eigenvalue weighted by atomic mass is 9.90. The predicted molar refractivity (Wildman–Crippen MR) is 84.4 cm³/mol. The Balaban J connectivity index is 2.31. The number of carboxylic acids is 1. The van der Waals surface area contributed by atoms with Crippen molar-refractivity contribution in [1.82, 2.24) is 0 Å². The molecule has 1 unspecified atom stereocenters. The third-order valence-corrected chi connectivity index (χ3v) is 3.60. The SMILES string of the molecule is Cc1cccc(N(C)CC(N)(C(=O)O)c2ccccc2)c1. The Labute approximate surface area is 124 Å². The number of hydrogen-bond acceptors (Lipinski definition) is 3. The number of aryl methyl sites for hydroxylation is 1. The summed E-state index contributed by atoms with van der Waals surface area (Å²) in [4.78, 5) is 13.6. The molecule has 2 aromatic rings. The first kappa shape index (κ1) is 15.1. The number of nitrogens with zero attached hydrogens (tertiary/aromatic N) is 1. The summed E-state index contributed by atoms with van der Waals surface area (Å²) in [5.41, 5.74) is 7.42. The number of aliphatic carboxylic acids is 1. The van der Waals surface area contributed by atoms with Crippen LogP contribution in [0.4, 0.5) is 5.69 Å². The van der Waals surface area contributed by atoms with Crippen LogP contribution in [0.3, 0.4) is 0 Å². The molecule has 0 fully saturated rings. The van der Waals surface area contributed by atoms with Gasteiger partial charge in [-0.25, -0.2) is 4.79 Å². The number of likely N-dealkylation sites (N-methyl/N-ethyl adjacent to an activating group) is 1. The van der Waals surface area contributed by atoms with E-state index in [0.29, 0.717) is 5.56 Å². The van der Waals surface area contributed by atoms with Crippen molar-refractivity contribution in [2.45, 2.75) is 12.5 Å². The summed E-state index contributed by atoms with van der Waals surface area (Å²) in [6, 6.07) is 16.8. The molecule has 0 radical (unpaired) electrons. The molecule has 2 aromatic carbocycles. The van der Waals surface area contributed by atoms with Crippen LogP contribution in [0.25, 0.3) is 0 Å². The molecule has 1 atom stereocenters. The third-order valence-electron chi connectivity index (χ3n) is 3.60. The van der Waals surface area contributed by atoms with Crippen LogP contribution < -0.4 is 10.6 Å². The maximum absolute atomic E-state index is 11.7. The Hall–Kier alpha value is -2.33. The second kappa shape index (κ2) is 5.97. The van der Waals surface area contributed by atoms with Gasteiger partial charge in [-0.3, -0.25) is 0 Å². The molecule has 3 N–H and O–H groups in total. The number of carbonyl (C=O) groups is 1. The standard InChI is InChI=1S/C17H20N2O2/c1-13-7-6-10-15(11-13)19(2)12-17(18,16(20)21)14-8-4-3-5-9-14/h3-11H,12,18H2,1-2H3,(H,20,21). The van der Waals surface area contributed by atoms with Crippen LogP contribution in [-0.2, 0) is 10.3 Å². The van der Waals surface area contributed by atoms with Crippen molar-refractivity contribution < 1.29 is 9.90 Å². The zero-order chi connectivity index (χ0) is 15.5. The summed E-state index contributed by atoms with van der Waals surface area (Å²) in [6.45, 7) is 2.19. The highest BCUT2D eigenvalue weighted by molar-refractivity contribution is 5.81. The third kappa shape index (κ3) is 3.23. The van der Waals surface area contributed by atoms with Crippen molar-refractivity contribution in [2.75, 3.05) is 18.5 Å². The predicted octanol–water partition coefficient (Wildman–Crippen LogP) is 2.37. The van der Waals surface area contributed by atoms with E-state index in [2.05, 4.69) is 0 Å². The molecule has 4 heteroatoms. The lowest BCUT2D eigenvalue weighted by molar-refractivity contribution is -0.143. The van der Waals surface area contributed by atoms with E-state index in [0.717, 1.165) is 11.3 Å². The first-order chi connectivity index (χ1) is 9.93. The van der Waals surface area contributed by atoms with E-state index in [9.17, 15) is 9.90 Å². The molecule has 0 aliphatic carbocycles. The number of anilines is 1. The largest absolute Gasteiger partial charge is 0.480 e. The fourth-order valence-electron chi connectivity index (χ4n) is 2.35. The van der Waals surface area contributed by atoms with Gasteiger partial charge in [0.05, 0.1) is 6.54 Å². The number of carboxylic acid groups (broad SMARTS) is 1. The maximum atomic E-state index is 11.7. The lowest BCUT2D eigenvalue weighted by Crippen LogP contribution is -2.52. The van der Waals surface area contributed by atoms with Gasteiger partial charge in [0, 0.05) is 12.7 Å². The van der Waals surface area contributed by atoms with Crippen molar-refractivity contribution in [2.24, 2.45) is 5.73 Å². The van der Waals surface area contributed by atoms with Gasteiger partial charge in [-0.1, -0.05) is 42.5 Å². The number of rotatable bonds is 5. The normalized spacial score (nSPS) is 13.5. The molecule has 0 spiro atoms. The summed E-state index contributed by atoms with van der Waals surface area (Å²) in [5.74, 6) is -1.03. The van der Waals surface area contributed by atoms with Gasteiger partial charge >= 0.3 is 5.97 Å². The first-order valence-electron chi connectivity index (χ1n) is 6.79. The Kier molecular flexibility index (Phi) is 4.29. The molecule has 0 bridgehead atoms. The summed E-state index contributed by atoms with van der Waals surface area (Å²) in [7, 11) is 1.85. The highest BCUT2D eigenvalue weighted by Gasteiger charge is 2.37. The molecule has 110 valence electrons. The molecule has 0 amide bonds. The average molecular weight is 284 g/mol. The minimum absolute atomic E-state index is 0.190. The molecular weight excluding hydrogens is 264 g/mol. The Morgan fingerprint density at radius 2 is 1.86 bits per heavy atom. The van der Waals surface area contributed by atoms with Crippen molar-refractivity contribution in [3.63, 3.8) is 0 Å². The van der Waals surface area contributed by atoms with Gasteiger partial charge in [-0.05, 0) is 30.2 Å². The molecule has 4 nitrogen and oxygen atoms in total. The van der Waals surface area contributed by atoms with Crippen LogP contribution in [0.15, 0.2) is 54.6 Å². The second-order valence-corrected chi connectivity index (χ2v) is 5.34. The fraction of sp³-hybridized carbons (Fsp3) is 0.235. The Morgan fingerprint density at radius 1 is 1.19 bits per heavy atom. The van der Waals surface area contributed by atoms with Gasteiger partial charge in [0.1, 0.15) is 0 Å². The van der Waals surface area contributed by atoms with E-state index in [1.165, 1.54) is 0 Å². The van der Waals surface area contributed by atoms with Crippen molar-refractivity contribution in [3.05, 3.63) is 65.7 Å². The smallest absolute Gasteiger partial charge is 0.330 e. The van der Waals surface area contributed by atoms with E-state index in [1.807, 2.05) is 49.2 Å². The van der Waals surface area contributed by atoms with E-state index in [4.69, 9.17) is 5.73 Å². The van der Waals surface area contributed by atoms with Gasteiger partial charge in [0.25, 0.3) is 0 Å². The fourth-order valence-corrected chi connectivity index (χ4v) is 2.35. The zero-order valence-corrected chi connectivity index (χ0v) is 12.3. The Bertz CT molecular complexity index is 628. The molecule has 0 saturated heterocycles. The van der Waals surface area contributed by atoms with Crippen LogP contribution in [0.2, 0.25) is 0 Å². The Morgan fingerprint density at radius 3 is 2.43 bits per heavy atom. The van der Waals surface area contributed by atoms with E-state index in [1.54, 1.807) is 24.3 Å². The molecule has 0 saturated carbocycles. The molecule has 0 aromatic heterocycles. The van der Waals surface area contributed by atoms with Crippen molar-refractivity contribution in [3.8, 4) is 0 Å². The molecular formula is C17H20N2O2. The lowest BCUT2D eigenvalue weighted by Gasteiger charge is -2.31. The minimum Gasteiger partial charge on any atom is -0.480 e. The van der Waals surface area contributed by atoms with Gasteiger partial charge in [0.15, 0.2) is 5.54 Å². The van der Waals surface area contributed by atoms with Crippen LogP contribution in [0.5, 0.6) is 0 Å². The van der Waals surface area contributed by atoms with Gasteiger partial charge in [-0.2, -0.15) is 0 Å². The van der Waals surface area contributed by atoms with Crippen LogP contribution in [0.1, 0.15) is 11.1 Å². The van der Waals surface area contributed by atoms with Crippen LogP contribution in [0, 0.1) is 6.92 Å². The summed E-state index contributed by atoms with van der Waals surface area (Å²) < 4.78 is 0. The van der Waals surface area contributed by atoms with E-state index in [-0.39, 0.29) is 6.54 Å². The minimum atomic E-state index is -1.44. The average Bonchev–Trinajstić information content (AvgIpc) is 2.47. The van der Waals surface area contributed by atoms with Gasteiger partial charge in [0.2, 0.25) is 0 Å². The highest BCUT2D eigenvalue weighted by atomic mass is 16.4. The topological polar surface area (TPSA) is 66.6 Å². The van der Waals surface area contributed by atoms with E-state index < -0.39 is 11.5 Å². The maximum Gasteiger partial charge on any atom is 0.330 e. The van der Waals surface area contributed by atoms with Crippen molar-refractivity contribution in [1.29, 1.82) is 0 Å². The molecule has 0 aliphatic rings. The molecule has 2 rings (SSSR count). The monoisotopic (exact) mass is 284 g/mol. The van der Waals surface area contributed by atoms with Gasteiger partial charge in [-0.15, -0.1) is 0 Å². The second-order valence-electron chi connectivity index (χ2n) is 5.34. The first-order valence-corrected chi connectivity index (χ1v) is 6.79. The highest BCUT2D eigenvalue weighted by Crippen LogP contribution is 2.23. The van der Waals surface area contributed by atoms with Gasteiger partial charge < -0.3 is 15.7 Å². The number of benzene rings is 2. The summed E-state index contributed by atoms with van der Waals surface area (Å²) >= 11 is 0. The van der Waals surface area contributed by atoms with Crippen LogP contribution in [-0.4, -0.2) is 24.7 Å². The summed E-state index contributed by atoms with van der Waals surface area (Å²) in [5, 5.41) is 9.58. The molecule has 0 heterocycles. The molecule has 21 heavy (non-hydrogen) atoms. The summed E-state index contributed by atoms with van der Waals surface area (Å²) in [6.07, 6.45) is 0. The number of nitrogens with two attached hydrogens (primary N) is 1. The van der Waals surface area contributed by atoms with E-state index >= 15 is 0 Å². The quantitative estimate of drug-likeness (QED) is 0.884. The zero-order valence-electron chi connectivity index (χ0n) is 12.3. The number of hydrogen-bond donors (Lipinski definition) is 2. The van der Waals surface area contributed by atoms with Crippen molar-refractivity contribution >= 4 is 11.7 Å².